The van der Waals surface area contributed by atoms with E-state index in [4.69, 9.17) is 9.47 Å². The van der Waals surface area contributed by atoms with Crippen LogP contribution in [-0.2, 0) is 10.4 Å². The maximum atomic E-state index is 13.4. The number of morpholine rings is 1. The minimum atomic E-state index is -1.26. The first-order valence-corrected chi connectivity index (χ1v) is 10.1. The lowest BCUT2D eigenvalue weighted by Crippen LogP contribution is -2.62. The minimum Gasteiger partial charge on any atom is -0.497 e. The molecule has 0 spiro atoms. The molecule has 160 valence electrons. The molecule has 0 saturated carbocycles. The summed E-state index contributed by atoms with van der Waals surface area (Å²) in [6.07, 6.45) is 0. The van der Waals surface area contributed by atoms with E-state index in [0.717, 1.165) is 5.56 Å². The second-order valence-electron chi connectivity index (χ2n) is 7.52. The molecule has 1 unspecified atom stereocenters. The smallest absolute Gasteiger partial charge is 0.331 e. The van der Waals surface area contributed by atoms with E-state index < -0.39 is 11.7 Å². The van der Waals surface area contributed by atoms with Crippen LogP contribution in [0.2, 0.25) is 0 Å². The topological polar surface area (TPSA) is 104 Å². The quantitative estimate of drug-likeness (QED) is 0.586. The minimum absolute atomic E-state index is 0.134. The zero-order valence-corrected chi connectivity index (χ0v) is 17.0. The third-order valence-electron chi connectivity index (χ3n) is 5.76. The summed E-state index contributed by atoms with van der Waals surface area (Å²) in [5.74, 6) is 0.545. The van der Waals surface area contributed by atoms with Crippen LogP contribution in [0.25, 0.3) is 5.70 Å². The number of fused-ring (bicyclic) bond motifs is 2. The highest BCUT2D eigenvalue weighted by molar-refractivity contribution is 6.22. The number of urea groups is 1. The molecule has 4 N–H and O–H groups in total. The van der Waals surface area contributed by atoms with Gasteiger partial charge in [-0.1, -0.05) is 36.4 Å². The predicted octanol–water partition coefficient (Wildman–Crippen LogP) is 1.11. The van der Waals surface area contributed by atoms with Gasteiger partial charge in [-0.05, 0) is 17.7 Å². The first kappa shape index (κ1) is 19.6. The molecule has 1 fully saturated rings. The first-order valence-electron chi connectivity index (χ1n) is 10.1. The van der Waals surface area contributed by atoms with E-state index in [2.05, 4.69) is 21.6 Å². The molecular weight excluding hydrogens is 398 g/mol. The van der Waals surface area contributed by atoms with Gasteiger partial charge in [-0.3, -0.25) is 10.2 Å². The molecule has 9 heteroatoms. The summed E-state index contributed by atoms with van der Waals surface area (Å²) in [6.45, 7) is 2.28. The number of nitrogens with zero attached hydrogens (tertiary/aromatic N) is 1. The van der Waals surface area contributed by atoms with Gasteiger partial charge in [0.15, 0.2) is 11.4 Å². The van der Waals surface area contributed by atoms with E-state index in [1.165, 1.54) is 0 Å². The van der Waals surface area contributed by atoms with Crippen molar-refractivity contribution in [1.29, 1.82) is 0 Å². The van der Waals surface area contributed by atoms with Crippen molar-refractivity contribution in [2.45, 2.75) is 5.66 Å². The van der Waals surface area contributed by atoms with Gasteiger partial charge in [-0.15, -0.1) is 0 Å². The normalized spacial score (nSPS) is 22.5. The number of nitrogens with one attached hydrogen (secondary N) is 4. The third-order valence-corrected chi connectivity index (χ3v) is 5.76. The second-order valence-corrected chi connectivity index (χ2v) is 7.52. The van der Waals surface area contributed by atoms with Crippen molar-refractivity contribution in [3.05, 3.63) is 70.8 Å². The fourth-order valence-corrected chi connectivity index (χ4v) is 4.23. The Balaban J connectivity index is 1.53. The second kappa shape index (κ2) is 7.69. The van der Waals surface area contributed by atoms with Crippen molar-refractivity contribution >= 4 is 17.5 Å². The fraction of sp³-hybridized carbons (Fsp3) is 0.273. The molecule has 2 heterocycles. The number of ketones is 1. The Morgan fingerprint density at radius 2 is 1.81 bits per heavy atom. The summed E-state index contributed by atoms with van der Waals surface area (Å²) in [6, 6.07) is 14.2. The van der Waals surface area contributed by atoms with Crippen molar-refractivity contribution in [3.8, 4) is 5.75 Å². The van der Waals surface area contributed by atoms with Crippen molar-refractivity contribution in [1.82, 2.24) is 26.6 Å². The number of carbonyl (C=O) groups is 2. The van der Waals surface area contributed by atoms with Gasteiger partial charge in [0.1, 0.15) is 5.75 Å². The molecule has 2 aromatic carbocycles. The highest BCUT2D eigenvalue weighted by Crippen LogP contribution is 2.43. The molecule has 2 aliphatic heterocycles. The Kier molecular flexibility index (Phi) is 4.85. The molecule has 1 aliphatic carbocycles. The number of methoxy groups -OCH3 is 1. The van der Waals surface area contributed by atoms with Crippen LogP contribution in [0, 0.1) is 0 Å². The third kappa shape index (κ3) is 3.23. The number of Topliss-reactive ketones (excluding diaryl/α,β-unsaturated/α-hetero) is 1. The lowest BCUT2D eigenvalue weighted by atomic mass is 9.89. The van der Waals surface area contributed by atoms with Gasteiger partial charge in [0.25, 0.3) is 0 Å². The van der Waals surface area contributed by atoms with Gasteiger partial charge >= 0.3 is 6.03 Å². The Morgan fingerprint density at radius 3 is 2.52 bits per heavy atom. The highest BCUT2D eigenvalue weighted by atomic mass is 16.5. The predicted molar refractivity (Wildman–Crippen MR) is 113 cm³/mol. The van der Waals surface area contributed by atoms with Gasteiger partial charge < -0.3 is 20.2 Å². The number of carbonyl (C=O) groups excluding carboxylic acids is 2. The maximum Gasteiger partial charge on any atom is 0.331 e. The van der Waals surface area contributed by atoms with Crippen LogP contribution in [0.15, 0.2) is 54.1 Å². The van der Waals surface area contributed by atoms with E-state index in [-0.39, 0.29) is 5.78 Å². The van der Waals surface area contributed by atoms with Crippen LogP contribution in [0.5, 0.6) is 5.75 Å². The Morgan fingerprint density at radius 1 is 1.10 bits per heavy atom. The van der Waals surface area contributed by atoms with Crippen molar-refractivity contribution < 1.29 is 19.1 Å². The molecule has 9 nitrogen and oxygen atoms in total. The molecule has 1 atom stereocenters. The standard InChI is InChI=1S/C22H23N5O4/c1-30-15-8-6-14(7-9-15)22(23-21(29)25-27-10-12-31-13-11-27)18-19(24-26-22)16-4-2-3-5-17(16)20(18)28/h2-9,24,26H,10-13H2,1H3,(H2,23,25,29). The Bertz CT molecular complexity index is 1060. The van der Waals surface area contributed by atoms with Gasteiger partial charge in [0, 0.05) is 24.2 Å². The van der Waals surface area contributed by atoms with Crippen LogP contribution in [-0.4, -0.2) is 50.2 Å². The number of hydrogen-bond acceptors (Lipinski definition) is 7. The first-order chi connectivity index (χ1) is 15.1. The summed E-state index contributed by atoms with van der Waals surface area (Å²) >= 11 is 0. The van der Waals surface area contributed by atoms with Gasteiger partial charge in [0.05, 0.1) is 31.6 Å². The van der Waals surface area contributed by atoms with E-state index in [1.807, 2.05) is 30.3 Å². The van der Waals surface area contributed by atoms with E-state index in [1.54, 1.807) is 30.3 Å². The molecular formula is C22H23N5O4. The Hall–Kier alpha value is -3.40. The summed E-state index contributed by atoms with van der Waals surface area (Å²) in [4.78, 5) is 26.4. The van der Waals surface area contributed by atoms with E-state index in [9.17, 15) is 9.59 Å². The molecule has 2 aromatic rings. The summed E-state index contributed by atoms with van der Waals surface area (Å²) in [7, 11) is 1.59. The summed E-state index contributed by atoms with van der Waals surface area (Å²) < 4.78 is 10.6. The molecule has 3 aliphatic rings. The van der Waals surface area contributed by atoms with Gasteiger partial charge in [0.2, 0.25) is 0 Å². The number of benzene rings is 2. The SMILES string of the molecule is COc1ccc(C2(NC(=O)NN3CCOCC3)NNC3=C2C(=O)c2ccccc23)cc1. The van der Waals surface area contributed by atoms with Crippen molar-refractivity contribution in [2.75, 3.05) is 33.4 Å². The van der Waals surface area contributed by atoms with Crippen LogP contribution in [0.3, 0.4) is 0 Å². The lowest BCUT2D eigenvalue weighted by molar-refractivity contribution is 0.0187. The van der Waals surface area contributed by atoms with Crippen LogP contribution < -0.4 is 26.3 Å². The van der Waals surface area contributed by atoms with Gasteiger partial charge in [-0.25, -0.2) is 15.2 Å². The van der Waals surface area contributed by atoms with E-state index >= 15 is 0 Å². The lowest BCUT2D eigenvalue weighted by Gasteiger charge is -2.34. The molecule has 31 heavy (non-hydrogen) atoms. The largest absolute Gasteiger partial charge is 0.497 e. The average Bonchev–Trinajstić information content (AvgIpc) is 3.32. The zero-order valence-electron chi connectivity index (χ0n) is 17.0. The van der Waals surface area contributed by atoms with Gasteiger partial charge in [-0.2, -0.15) is 0 Å². The van der Waals surface area contributed by atoms with Crippen LogP contribution in [0.1, 0.15) is 21.5 Å². The number of hydrazine groups is 2. The molecule has 0 bridgehead atoms. The Labute approximate surface area is 179 Å². The maximum absolute atomic E-state index is 13.4. The monoisotopic (exact) mass is 421 g/mol. The molecule has 1 saturated heterocycles. The number of hydrogen-bond donors (Lipinski definition) is 4. The summed E-state index contributed by atoms with van der Waals surface area (Å²) in [5, 5.41) is 4.80. The number of rotatable bonds is 4. The number of ether oxygens (including phenoxy) is 2. The average molecular weight is 421 g/mol. The number of amides is 2. The fourth-order valence-electron chi connectivity index (χ4n) is 4.23. The van der Waals surface area contributed by atoms with Crippen LogP contribution in [0.4, 0.5) is 4.79 Å². The van der Waals surface area contributed by atoms with E-state index in [0.29, 0.717) is 54.4 Å². The zero-order chi connectivity index (χ0) is 21.4. The molecule has 2 amide bonds. The highest BCUT2D eigenvalue weighted by Gasteiger charge is 2.51. The van der Waals surface area contributed by atoms with Crippen molar-refractivity contribution in [3.63, 3.8) is 0 Å². The molecule has 0 aromatic heterocycles. The molecule has 5 rings (SSSR count). The van der Waals surface area contributed by atoms with Crippen LogP contribution >= 0.6 is 0 Å². The summed E-state index contributed by atoms with van der Waals surface area (Å²) in [5.41, 5.74) is 11.1. The molecule has 0 radical (unpaired) electrons. The van der Waals surface area contributed by atoms with Crippen molar-refractivity contribution in [2.24, 2.45) is 0 Å².